The fraction of sp³-hybridized carbons (Fsp3) is 0.286. The van der Waals surface area contributed by atoms with Crippen LogP contribution < -0.4 is 10.6 Å². The lowest BCUT2D eigenvalue weighted by atomic mass is 10.1. The van der Waals surface area contributed by atoms with Gasteiger partial charge >= 0.3 is 0 Å². The van der Waals surface area contributed by atoms with Gasteiger partial charge in [-0.25, -0.2) is 9.37 Å². The summed E-state index contributed by atoms with van der Waals surface area (Å²) in [5, 5.41) is 6.52. The lowest BCUT2D eigenvalue weighted by Gasteiger charge is -2.07. The van der Waals surface area contributed by atoms with Gasteiger partial charge in [-0.15, -0.1) is 11.3 Å². The number of carbonyl (C=O) groups is 2. The zero-order valence-corrected chi connectivity index (χ0v) is 17.1. The Morgan fingerprint density at radius 1 is 1.00 bits per heavy atom. The second-order valence-electron chi connectivity index (χ2n) is 6.79. The minimum atomic E-state index is -0.416. The molecule has 146 valence electrons. The van der Waals surface area contributed by atoms with Crippen LogP contribution in [-0.4, -0.2) is 29.9 Å². The van der Waals surface area contributed by atoms with Gasteiger partial charge in [-0.1, -0.05) is 6.07 Å². The number of carbonyl (C=O) groups excluding carboxylic acids is 2. The minimum absolute atomic E-state index is 0.187. The molecule has 0 radical (unpaired) electrons. The Morgan fingerprint density at radius 2 is 1.68 bits per heavy atom. The van der Waals surface area contributed by atoms with Crippen molar-refractivity contribution in [1.82, 2.24) is 15.6 Å². The van der Waals surface area contributed by atoms with Crippen molar-refractivity contribution in [3.63, 3.8) is 0 Å². The first kappa shape index (κ1) is 19.9. The molecule has 0 unspecified atom stereocenters. The molecule has 28 heavy (non-hydrogen) atoms. The highest BCUT2D eigenvalue weighted by atomic mass is 32.1. The van der Waals surface area contributed by atoms with Crippen molar-refractivity contribution < 1.29 is 14.0 Å². The minimum Gasteiger partial charge on any atom is -0.350 e. The van der Waals surface area contributed by atoms with Crippen molar-refractivity contribution in [2.75, 3.05) is 13.1 Å². The Bertz CT molecular complexity index is 1080. The molecule has 0 spiro atoms. The quantitative estimate of drug-likeness (QED) is 0.641. The van der Waals surface area contributed by atoms with E-state index in [0.717, 1.165) is 27.0 Å². The number of halogens is 1. The molecule has 0 fully saturated rings. The second-order valence-corrected chi connectivity index (χ2v) is 7.79. The van der Waals surface area contributed by atoms with Crippen LogP contribution in [0.4, 0.5) is 4.39 Å². The first-order valence-electron chi connectivity index (χ1n) is 8.98. The maximum Gasteiger partial charge on any atom is 0.261 e. The number of aromatic nitrogens is 1. The van der Waals surface area contributed by atoms with Crippen LogP contribution in [0.25, 0.3) is 10.2 Å². The topological polar surface area (TPSA) is 71.1 Å². The summed E-state index contributed by atoms with van der Waals surface area (Å²) in [7, 11) is 0. The van der Waals surface area contributed by atoms with Crippen molar-refractivity contribution in [1.29, 1.82) is 0 Å². The number of hydrogen-bond acceptors (Lipinski definition) is 4. The van der Waals surface area contributed by atoms with E-state index in [-0.39, 0.29) is 30.5 Å². The number of aryl methyl sites for hydroxylation is 4. The average Bonchev–Trinajstić information content (AvgIpc) is 2.97. The third kappa shape index (κ3) is 4.04. The molecule has 2 aromatic heterocycles. The summed E-state index contributed by atoms with van der Waals surface area (Å²) >= 11 is 1.37. The molecule has 0 saturated carbocycles. The molecule has 7 heteroatoms. The van der Waals surface area contributed by atoms with E-state index < -0.39 is 5.82 Å². The molecular formula is C21H22FN3O2S. The molecule has 3 aromatic rings. The number of fused-ring (bicyclic) bond motifs is 1. The predicted molar refractivity (Wildman–Crippen MR) is 110 cm³/mol. The molecule has 2 heterocycles. The van der Waals surface area contributed by atoms with E-state index in [4.69, 9.17) is 0 Å². The Kier molecular flexibility index (Phi) is 5.74. The maximum atomic E-state index is 13.6. The van der Waals surface area contributed by atoms with E-state index in [1.807, 2.05) is 26.8 Å². The van der Waals surface area contributed by atoms with Crippen molar-refractivity contribution in [3.8, 4) is 0 Å². The van der Waals surface area contributed by atoms with Gasteiger partial charge in [0.15, 0.2) is 0 Å². The molecule has 0 aliphatic rings. The van der Waals surface area contributed by atoms with Crippen LogP contribution in [0, 0.1) is 33.5 Å². The zero-order chi connectivity index (χ0) is 20.4. The van der Waals surface area contributed by atoms with Crippen LogP contribution in [0.1, 0.15) is 42.4 Å². The molecule has 5 nitrogen and oxygen atoms in total. The number of nitrogens with one attached hydrogen (secondary N) is 2. The normalized spacial score (nSPS) is 10.9. The summed E-state index contributed by atoms with van der Waals surface area (Å²) in [6, 6.07) is 6.35. The Morgan fingerprint density at radius 3 is 2.36 bits per heavy atom. The fourth-order valence-corrected chi connectivity index (χ4v) is 4.32. The Hall–Kier alpha value is -2.80. The Balaban J connectivity index is 1.59. The summed E-state index contributed by atoms with van der Waals surface area (Å²) in [4.78, 5) is 30.6. The molecule has 2 amide bonds. The number of pyridine rings is 1. The van der Waals surface area contributed by atoms with E-state index in [9.17, 15) is 14.0 Å². The van der Waals surface area contributed by atoms with E-state index in [0.29, 0.717) is 10.4 Å². The van der Waals surface area contributed by atoms with E-state index in [1.165, 1.54) is 17.4 Å². The molecule has 0 bridgehead atoms. The van der Waals surface area contributed by atoms with Crippen LogP contribution in [0.2, 0.25) is 0 Å². The highest BCUT2D eigenvalue weighted by Gasteiger charge is 2.17. The van der Waals surface area contributed by atoms with Gasteiger partial charge < -0.3 is 10.6 Å². The SMILES string of the molecule is Cc1cc(C)c2c(C)c(C(=O)NCCNC(=O)c3ccc(C)c(F)c3)sc2n1. The van der Waals surface area contributed by atoms with Gasteiger partial charge in [0.1, 0.15) is 10.6 Å². The monoisotopic (exact) mass is 399 g/mol. The number of thiophene rings is 1. The van der Waals surface area contributed by atoms with Crippen molar-refractivity contribution in [3.05, 3.63) is 62.9 Å². The first-order chi connectivity index (χ1) is 13.3. The molecule has 0 saturated heterocycles. The average molecular weight is 399 g/mol. The summed E-state index contributed by atoms with van der Waals surface area (Å²) in [5.74, 6) is -0.977. The standard InChI is InChI=1S/C21H22FN3O2S/c1-11-5-6-15(10-16(11)22)19(26)23-7-8-24-20(27)18-14(4)17-12(2)9-13(3)25-21(17)28-18/h5-6,9-10H,7-8H2,1-4H3,(H,23,26)(H,24,27). The van der Waals surface area contributed by atoms with E-state index in [2.05, 4.69) is 15.6 Å². The third-order valence-corrected chi connectivity index (χ3v) is 5.75. The van der Waals surface area contributed by atoms with Crippen molar-refractivity contribution in [2.24, 2.45) is 0 Å². The number of hydrogen-bond donors (Lipinski definition) is 2. The summed E-state index contributed by atoms with van der Waals surface area (Å²) < 4.78 is 13.6. The molecule has 3 rings (SSSR count). The van der Waals surface area contributed by atoms with Gasteiger partial charge in [0.05, 0.1) is 4.88 Å². The highest BCUT2D eigenvalue weighted by Crippen LogP contribution is 2.32. The van der Waals surface area contributed by atoms with Crippen LogP contribution in [0.3, 0.4) is 0 Å². The lowest BCUT2D eigenvalue weighted by Crippen LogP contribution is -2.34. The van der Waals surface area contributed by atoms with Crippen LogP contribution in [-0.2, 0) is 0 Å². The van der Waals surface area contributed by atoms with Gasteiger partial charge in [0.2, 0.25) is 0 Å². The Labute approximate surface area is 167 Å². The molecule has 0 atom stereocenters. The number of nitrogens with zero attached hydrogens (tertiary/aromatic N) is 1. The largest absolute Gasteiger partial charge is 0.350 e. The van der Waals surface area contributed by atoms with Crippen molar-refractivity contribution in [2.45, 2.75) is 27.7 Å². The van der Waals surface area contributed by atoms with Gasteiger partial charge in [0.25, 0.3) is 11.8 Å². The zero-order valence-electron chi connectivity index (χ0n) is 16.3. The summed E-state index contributed by atoms with van der Waals surface area (Å²) in [6.07, 6.45) is 0. The van der Waals surface area contributed by atoms with E-state index >= 15 is 0 Å². The van der Waals surface area contributed by atoms with Gasteiger partial charge in [-0.3, -0.25) is 9.59 Å². The van der Waals surface area contributed by atoms with E-state index in [1.54, 1.807) is 19.1 Å². The van der Waals surface area contributed by atoms with Gasteiger partial charge in [-0.2, -0.15) is 0 Å². The molecule has 0 aliphatic heterocycles. The predicted octanol–water partition coefficient (Wildman–Crippen LogP) is 3.83. The van der Waals surface area contributed by atoms with Crippen LogP contribution in [0.15, 0.2) is 24.3 Å². The summed E-state index contributed by atoms with van der Waals surface area (Å²) in [5.41, 5.74) is 3.69. The molecular weight excluding hydrogens is 377 g/mol. The first-order valence-corrected chi connectivity index (χ1v) is 9.79. The van der Waals surface area contributed by atoms with Gasteiger partial charge in [0, 0.05) is 29.7 Å². The maximum absolute atomic E-state index is 13.6. The summed E-state index contributed by atoms with van der Waals surface area (Å²) in [6.45, 7) is 8.04. The smallest absolute Gasteiger partial charge is 0.261 e. The molecule has 0 aliphatic carbocycles. The molecule has 1 aromatic carbocycles. The van der Waals surface area contributed by atoms with Gasteiger partial charge in [-0.05, 0) is 62.6 Å². The number of benzene rings is 1. The van der Waals surface area contributed by atoms with Crippen LogP contribution >= 0.6 is 11.3 Å². The van der Waals surface area contributed by atoms with Crippen LogP contribution in [0.5, 0.6) is 0 Å². The van der Waals surface area contributed by atoms with Crippen molar-refractivity contribution >= 4 is 33.4 Å². The highest BCUT2D eigenvalue weighted by molar-refractivity contribution is 7.20. The molecule has 2 N–H and O–H groups in total. The fourth-order valence-electron chi connectivity index (χ4n) is 3.10. The number of amides is 2. The second kappa shape index (κ2) is 8.06. The number of rotatable bonds is 5. The third-order valence-electron chi connectivity index (χ3n) is 4.56. The lowest BCUT2D eigenvalue weighted by molar-refractivity contribution is 0.0929.